The van der Waals surface area contributed by atoms with E-state index in [9.17, 15) is 13.9 Å². The van der Waals surface area contributed by atoms with Crippen LogP contribution < -0.4 is 0 Å². The fourth-order valence-electron chi connectivity index (χ4n) is 1.95. The van der Waals surface area contributed by atoms with E-state index < -0.39 is 18.1 Å². The van der Waals surface area contributed by atoms with E-state index in [1.54, 1.807) is 24.3 Å². The van der Waals surface area contributed by atoms with Crippen LogP contribution in [0.25, 0.3) is 28.1 Å². The van der Waals surface area contributed by atoms with Gasteiger partial charge in [0.05, 0.1) is 0 Å². The van der Waals surface area contributed by atoms with Gasteiger partial charge >= 0.3 is 0 Å². The van der Waals surface area contributed by atoms with Gasteiger partial charge in [-0.15, -0.1) is 0 Å². The minimum atomic E-state index is -2.86. The molecule has 0 spiro atoms. The molecular formula is C13H8F2N2O2. The predicted molar refractivity (Wildman–Crippen MR) is 66.0 cm³/mol. The highest BCUT2D eigenvalue weighted by molar-refractivity contribution is 6.06. The molecule has 3 rings (SSSR count). The molecule has 4 nitrogen and oxygen atoms in total. The number of nitrogens with zero attached hydrogens (tertiary/aromatic N) is 2. The summed E-state index contributed by atoms with van der Waals surface area (Å²) in [5, 5.41) is 10.2. The van der Waals surface area contributed by atoms with Crippen LogP contribution in [0.3, 0.4) is 0 Å². The lowest BCUT2D eigenvalue weighted by atomic mass is 10.1. The Morgan fingerprint density at radius 3 is 2.74 bits per heavy atom. The first kappa shape index (κ1) is 11.6. The standard InChI is InChI=1S/C13H8F2N2O2/c1-2-6-4-3-5-7-8-10(19-9(6)7)13(18)17-12(16-8)11(14)15/h2-5,11H,1H2,(H,16,17,18). The molecule has 0 fully saturated rings. The van der Waals surface area contributed by atoms with Crippen LogP contribution in [0.4, 0.5) is 8.78 Å². The molecular weight excluding hydrogens is 254 g/mol. The Morgan fingerprint density at radius 2 is 2.05 bits per heavy atom. The Labute approximate surface area is 106 Å². The van der Waals surface area contributed by atoms with E-state index in [0.29, 0.717) is 16.5 Å². The minimum absolute atomic E-state index is 0.00583. The van der Waals surface area contributed by atoms with Crippen molar-refractivity contribution in [3.05, 3.63) is 36.2 Å². The minimum Gasteiger partial charge on any atom is -0.491 e. The summed E-state index contributed by atoms with van der Waals surface area (Å²) in [7, 11) is 0. The molecule has 0 aliphatic rings. The van der Waals surface area contributed by atoms with Gasteiger partial charge in [-0.2, -0.15) is 4.98 Å². The van der Waals surface area contributed by atoms with Gasteiger partial charge in [-0.3, -0.25) is 0 Å². The van der Waals surface area contributed by atoms with Crippen molar-refractivity contribution < 1.29 is 18.3 Å². The Morgan fingerprint density at radius 1 is 1.26 bits per heavy atom. The van der Waals surface area contributed by atoms with Crippen molar-refractivity contribution in [3.8, 4) is 5.88 Å². The molecule has 3 aromatic rings. The van der Waals surface area contributed by atoms with Crippen LogP contribution in [-0.4, -0.2) is 15.1 Å². The van der Waals surface area contributed by atoms with Gasteiger partial charge in [0, 0.05) is 10.9 Å². The number of furan rings is 1. The number of halogens is 2. The Balaban J connectivity index is 2.47. The third-order valence-electron chi connectivity index (χ3n) is 2.78. The number of para-hydroxylation sites is 1. The summed E-state index contributed by atoms with van der Waals surface area (Å²) >= 11 is 0. The average molecular weight is 262 g/mol. The Bertz CT molecular complexity index is 796. The fraction of sp³-hybridized carbons (Fsp3) is 0.0769. The lowest BCUT2D eigenvalue weighted by Gasteiger charge is -1.98. The van der Waals surface area contributed by atoms with Gasteiger partial charge in [-0.1, -0.05) is 24.8 Å². The second-order valence-corrected chi connectivity index (χ2v) is 3.91. The smallest absolute Gasteiger partial charge is 0.297 e. The average Bonchev–Trinajstić information content (AvgIpc) is 2.78. The first-order valence-electron chi connectivity index (χ1n) is 5.44. The number of hydrogen-bond acceptors (Lipinski definition) is 4. The van der Waals surface area contributed by atoms with Gasteiger partial charge in [0.2, 0.25) is 5.58 Å². The van der Waals surface area contributed by atoms with Crippen molar-refractivity contribution in [2.24, 2.45) is 0 Å². The maximum atomic E-state index is 12.6. The molecule has 19 heavy (non-hydrogen) atoms. The van der Waals surface area contributed by atoms with Gasteiger partial charge in [0.25, 0.3) is 12.3 Å². The van der Waals surface area contributed by atoms with Crippen molar-refractivity contribution in [1.29, 1.82) is 0 Å². The van der Waals surface area contributed by atoms with Crippen molar-refractivity contribution in [3.63, 3.8) is 0 Å². The van der Waals surface area contributed by atoms with Gasteiger partial charge in [-0.05, 0) is 6.07 Å². The summed E-state index contributed by atoms with van der Waals surface area (Å²) in [6.45, 7) is 3.64. The molecule has 0 aliphatic heterocycles. The first-order chi connectivity index (χ1) is 9.11. The number of alkyl halides is 2. The topological polar surface area (TPSA) is 59.2 Å². The number of benzene rings is 1. The van der Waals surface area contributed by atoms with Crippen LogP contribution in [0, 0.1) is 0 Å². The second kappa shape index (κ2) is 4.01. The van der Waals surface area contributed by atoms with Gasteiger partial charge in [0.1, 0.15) is 11.1 Å². The largest absolute Gasteiger partial charge is 0.491 e. The highest BCUT2D eigenvalue weighted by atomic mass is 19.3. The van der Waals surface area contributed by atoms with E-state index in [1.807, 2.05) is 0 Å². The van der Waals surface area contributed by atoms with Crippen LogP contribution in [0.1, 0.15) is 17.8 Å². The highest BCUT2D eigenvalue weighted by Gasteiger charge is 2.20. The summed E-state index contributed by atoms with van der Waals surface area (Å²) in [6, 6.07) is 5.17. The van der Waals surface area contributed by atoms with Crippen molar-refractivity contribution >= 4 is 28.1 Å². The summed E-state index contributed by atoms with van der Waals surface area (Å²) in [4.78, 5) is 7.08. The number of aromatic nitrogens is 2. The van der Waals surface area contributed by atoms with E-state index in [0.717, 1.165) is 0 Å². The molecule has 96 valence electrons. The quantitative estimate of drug-likeness (QED) is 0.765. The van der Waals surface area contributed by atoms with E-state index in [2.05, 4.69) is 16.5 Å². The molecule has 0 atom stereocenters. The van der Waals surface area contributed by atoms with Crippen LogP contribution >= 0.6 is 0 Å². The zero-order chi connectivity index (χ0) is 13.6. The lowest BCUT2D eigenvalue weighted by molar-refractivity contribution is 0.139. The molecule has 0 amide bonds. The summed E-state index contributed by atoms with van der Waals surface area (Å²) < 4.78 is 30.7. The SMILES string of the molecule is C=Cc1cccc2c1oc1c(O)nc(C(F)F)nc12. The molecule has 0 bridgehead atoms. The number of rotatable bonds is 2. The molecule has 1 aromatic carbocycles. The first-order valence-corrected chi connectivity index (χ1v) is 5.44. The molecule has 0 radical (unpaired) electrons. The van der Waals surface area contributed by atoms with Crippen LogP contribution in [0.5, 0.6) is 5.88 Å². The fourth-order valence-corrected chi connectivity index (χ4v) is 1.95. The second-order valence-electron chi connectivity index (χ2n) is 3.91. The van der Waals surface area contributed by atoms with Crippen LogP contribution in [0.2, 0.25) is 0 Å². The molecule has 2 heterocycles. The maximum Gasteiger partial charge on any atom is 0.297 e. The molecule has 0 unspecified atom stereocenters. The number of aromatic hydroxyl groups is 1. The van der Waals surface area contributed by atoms with Crippen LogP contribution in [0.15, 0.2) is 29.2 Å². The van der Waals surface area contributed by atoms with E-state index >= 15 is 0 Å². The number of fused-ring (bicyclic) bond motifs is 3. The summed E-state index contributed by atoms with van der Waals surface area (Å²) in [5.41, 5.74) is 1.28. The highest BCUT2D eigenvalue weighted by Crippen LogP contribution is 2.35. The van der Waals surface area contributed by atoms with Crippen molar-refractivity contribution in [2.45, 2.75) is 6.43 Å². The monoisotopic (exact) mass is 262 g/mol. The van der Waals surface area contributed by atoms with E-state index in [-0.39, 0.29) is 11.1 Å². The van der Waals surface area contributed by atoms with Crippen LogP contribution in [-0.2, 0) is 0 Å². The summed E-state index contributed by atoms with van der Waals surface area (Å²) in [6.07, 6.45) is -1.29. The number of hydrogen-bond donors (Lipinski definition) is 1. The van der Waals surface area contributed by atoms with Gasteiger partial charge in [-0.25, -0.2) is 13.8 Å². The third kappa shape index (κ3) is 1.64. The maximum absolute atomic E-state index is 12.6. The normalized spacial score (nSPS) is 11.5. The molecule has 0 saturated carbocycles. The molecule has 6 heteroatoms. The van der Waals surface area contributed by atoms with E-state index in [1.165, 1.54) is 0 Å². The zero-order valence-corrected chi connectivity index (χ0v) is 9.60. The molecule has 2 aromatic heterocycles. The molecule has 0 aliphatic carbocycles. The Kier molecular flexibility index (Phi) is 2.45. The Hall–Kier alpha value is -2.50. The summed E-state index contributed by atoms with van der Waals surface area (Å²) in [5.74, 6) is -1.32. The molecule has 0 saturated heterocycles. The predicted octanol–water partition coefficient (Wildman–Crippen LogP) is 3.66. The van der Waals surface area contributed by atoms with E-state index in [4.69, 9.17) is 4.42 Å². The third-order valence-corrected chi connectivity index (χ3v) is 2.78. The van der Waals surface area contributed by atoms with Gasteiger partial charge in [0.15, 0.2) is 5.82 Å². The van der Waals surface area contributed by atoms with Crippen molar-refractivity contribution in [2.75, 3.05) is 0 Å². The van der Waals surface area contributed by atoms with Crippen molar-refractivity contribution in [1.82, 2.24) is 9.97 Å². The molecule has 1 N–H and O–H groups in total. The zero-order valence-electron chi connectivity index (χ0n) is 9.60. The van der Waals surface area contributed by atoms with Gasteiger partial charge < -0.3 is 9.52 Å². The lowest BCUT2D eigenvalue weighted by Crippen LogP contribution is -1.94.